The van der Waals surface area contributed by atoms with Crippen molar-refractivity contribution in [3.8, 4) is 6.07 Å². The topological polar surface area (TPSA) is 65.4 Å². The molecular formula is C13H23N3O2. The number of hydrogen-bond donors (Lipinski definition) is 1. The molecule has 1 rings (SSSR count). The Morgan fingerprint density at radius 1 is 1.56 bits per heavy atom. The van der Waals surface area contributed by atoms with E-state index in [1.165, 1.54) is 0 Å². The molecule has 0 aromatic heterocycles. The standard InChI is InChI=1S/C13H23N3O2/c1-3-16(4-2)13(17)8-11(9-14)15-10-12-6-5-7-18-12/h11-12,15H,3-8,10H2,1-2H3. The molecule has 0 aromatic rings. The van der Waals surface area contributed by atoms with Crippen molar-refractivity contribution in [2.45, 2.75) is 45.3 Å². The molecule has 1 aliphatic heterocycles. The molecule has 102 valence electrons. The minimum absolute atomic E-state index is 0.0337. The second-order valence-electron chi connectivity index (χ2n) is 4.50. The molecule has 18 heavy (non-hydrogen) atoms. The molecular weight excluding hydrogens is 230 g/mol. The minimum atomic E-state index is -0.415. The van der Waals surface area contributed by atoms with Crippen molar-refractivity contribution in [2.24, 2.45) is 0 Å². The van der Waals surface area contributed by atoms with Crippen molar-refractivity contribution in [2.75, 3.05) is 26.2 Å². The van der Waals surface area contributed by atoms with Crippen LogP contribution in [0.1, 0.15) is 33.1 Å². The van der Waals surface area contributed by atoms with E-state index in [0.717, 1.165) is 19.4 Å². The number of nitrogens with one attached hydrogen (secondary N) is 1. The van der Waals surface area contributed by atoms with E-state index in [1.54, 1.807) is 4.90 Å². The van der Waals surface area contributed by atoms with Gasteiger partial charge in [0.15, 0.2) is 0 Å². The summed E-state index contributed by atoms with van der Waals surface area (Å²) in [6.07, 6.45) is 2.56. The number of nitriles is 1. The highest BCUT2D eigenvalue weighted by Gasteiger charge is 2.20. The van der Waals surface area contributed by atoms with Crippen LogP contribution in [0.15, 0.2) is 0 Å². The molecule has 1 fully saturated rings. The number of nitrogens with zero attached hydrogens (tertiary/aromatic N) is 2. The van der Waals surface area contributed by atoms with Crippen LogP contribution in [0.4, 0.5) is 0 Å². The van der Waals surface area contributed by atoms with E-state index in [1.807, 2.05) is 13.8 Å². The Bertz CT molecular complexity index is 291. The molecule has 1 heterocycles. The Morgan fingerprint density at radius 2 is 2.28 bits per heavy atom. The van der Waals surface area contributed by atoms with Crippen LogP contribution in [-0.4, -0.2) is 49.2 Å². The fourth-order valence-electron chi connectivity index (χ4n) is 2.12. The third-order valence-electron chi connectivity index (χ3n) is 3.27. The average Bonchev–Trinajstić information content (AvgIpc) is 2.89. The lowest BCUT2D eigenvalue weighted by molar-refractivity contribution is -0.131. The van der Waals surface area contributed by atoms with Crippen LogP contribution < -0.4 is 5.32 Å². The molecule has 1 amide bonds. The minimum Gasteiger partial charge on any atom is -0.377 e. The number of carbonyl (C=O) groups is 1. The highest BCUT2D eigenvalue weighted by Crippen LogP contribution is 2.11. The van der Waals surface area contributed by atoms with Gasteiger partial charge >= 0.3 is 0 Å². The number of carbonyl (C=O) groups excluding carboxylic acids is 1. The lowest BCUT2D eigenvalue weighted by Crippen LogP contribution is -2.40. The highest BCUT2D eigenvalue weighted by molar-refractivity contribution is 5.77. The van der Waals surface area contributed by atoms with Gasteiger partial charge in [0.05, 0.1) is 18.6 Å². The zero-order valence-corrected chi connectivity index (χ0v) is 11.3. The van der Waals surface area contributed by atoms with E-state index in [9.17, 15) is 4.79 Å². The molecule has 0 spiro atoms. The first-order valence-electron chi connectivity index (χ1n) is 6.73. The summed E-state index contributed by atoms with van der Waals surface area (Å²) in [5, 5.41) is 12.2. The third kappa shape index (κ3) is 4.63. The zero-order valence-electron chi connectivity index (χ0n) is 11.3. The summed E-state index contributed by atoms with van der Waals surface area (Å²) >= 11 is 0. The summed E-state index contributed by atoms with van der Waals surface area (Å²) in [4.78, 5) is 13.6. The lowest BCUT2D eigenvalue weighted by atomic mass is 10.2. The van der Waals surface area contributed by atoms with E-state index in [-0.39, 0.29) is 18.4 Å². The summed E-state index contributed by atoms with van der Waals surface area (Å²) in [5.41, 5.74) is 0. The van der Waals surface area contributed by atoms with Crippen molar-refractivity contribution in [1.82, 2.24) is 10.2 Å². The van der Waals surface area contributed by atoms with Gasteiger partial charge in [-0.15, -0.1) is 0 Å². The molecule has 1 saturated heterocycles. The first kappa shape index (κ1) is 14.9. The second kappa shape index (κ2) is 8.06. The molecule has 2 atom stereocenters. The van der Waals surface area contributed by atoms with Gasteiger partial charge < -0.3 is 9.64 Å². The fourth-order valence-corrected chi connectivity index (χ4v) is 2.12. The summed E-state index contributed by atoms with van der Waals surface area (Å²) in [6, 6.07) is 1.73. The molecule has 5 nitrogen and oxygen atoms in total. The monoisotopic (exact) mass is 253 g/mol. The molecule has 0 aromatic carbocycles. The van der Waals surface area contributed by atoms with Gasteiger partial charge in [-0.05, 0) is 26.7 Å². The van der Waals surface area contributed by atoms with Crippen molar-refractivity contribution >= 4 is 5.91 Å². The first-order chi connectivity index (χ1) is 8.71. The van der Waals surface area contributed by atoms with Crippen molar-refractivity contribution in [1.29, 1.82) is 5.26 Å². The molecule has 2 unspecified atom stereocenters. The van der Waals surface area contributed by atoms with Gasteiger partial charge in [-0.1, -0.05) is 0 Å². The van der Waals surface area contributed by atoms with Gasteiger partial charge in [-0.2, -0.15) is 5.26 Å². The Hall–Kier alpha value is -1.12. The summed E-state index contributed by atoms with van der Waals surface area (Å²) < 4.78 is 5.48. The number of hydrogen-bond acceptors (Lipinski definition) is 4. The predicted octanol–water partition coefficient (Wildman–Crippen LogP) is 0.906. The third-order valence-corrected chi connectivity index (χ3v) is 3.27. The zero-order chi connectivity index (χ0) is 13.4. The average molecular weight is 253 g/mol. The Balaban J connectivity index is 2.32. The van der Waals surface area contributed by atoms with Crippen LogP contribution >= 0.6 is 0 Å². The Labute approximate surface area is 109 Å². The molecule has 0 aliphatic carbocycles. The van der Waals surface area contributed by atoms with Gasteiger partial charge in [-0.3, -0.25) is 10.1 Å². The Kier molecular flexibility index (Phi) is 6.69. The van der Waals surface area contributed by atoms with Crippen LogP contribution in [0.5, 0.6) is 0 Å². The molecule has 5 heteroatoms. The first-order valence-corrected chi connectivity index (χ1v) is 6.73. The van der Waals surface area contributed by atoms with Crippen molar-refractivity contribution < 1.29 is 9.53 Å². The predicted molar refractivity (Wildman–Crippen MR) is 68.9 cm³/mol. The second-order valence-corrected chi connectivity index (χ2v) is 4.50. The maximum Gasteiger partial charge on any atom is 0.225 e. The molecule has 0 radical (unpaired) electrons. The lowest BCUT2D eigenvalue weighted by Gasteiger charge is -2.21. The van der Waals surface area contributed by atoms with E-state index in [0.29, 0.717) is 19.6 Å². The highest BCUT2D eigenvalue weighted by atomic mass is 16.5. The number of ether oxygens (including phenoxy) is 1. The van der Waals surface area contributed by atoms with Gasteiger partial charge in [0.25, 0.3) is 0 Å². The van der Waals surface area contributed by atoms with Gasteiger partial charge in [0.1, 0.15) is 6.04 Å². The molecule has 0 bridgehead atoms. The van der Waals surface area contributed by atoms with Crippen LogP contribution in [-0.2, 0) is 9.53 Å². The molecule has 0 saturated carbocycles. The number of rotatable bonds is 7. The fraction of sp³-hybridized carbons (Fsp3) is 0.846. The van der Waals surface area contributed by atoms with E-state index < -0.39 is 6.04 Å². The normalized spacial score (nSPS) is 20.4. The van der Waals surface area contributed by atoms with E-state index >= 15 is 0 Å². The maximum absolute atomic E-state index is 11.9. The number of amides is 1. The van der Waals surface area contributed by atoms with Gasteiger partial charge in [0, 0.05) is 26.2 Å². The van der Waals surface area contributed by atoms with Crippen molar-refractivity contribution in [3.05, 3.63) is 0 Å². The maximum atomic E-state index is 11.9. The summed E-state index contributed by atoms with van der Waals surface area (Å²) in [5.74, 6) is 0.0337. The molecule has 1 N–H and O–H groups in total. The van der Waals surface area contributed by atoms with Gasteiger partial charge in [-0.25, -0.2) is 0 Å². The van der Waals surface area contributed by atoms with E-state index in [4.69, 9.17) is 10.00 Å². The van der Waals surface area contributed by atoms with Crippen LogP contribution in [0.3, 0.4) is 0 Å². The van der Waals surface area contributed by atoms with Crippen LogP contribution in [0.25, 0.3) is 0 Å². The quantitative estimate of drug-likeness (QED) is 0.732. The van der Waals surface area contributed by atoms with Crippen molar-refractivity contribution in [3.63, 3.8) is 0 Å². The van der Waals surface area contributed by atoms with Crippen LogP contribution in [0, 0.1) is 11.3 Å². The summed E-state index contributed by atoms with van der Waals surface area (Å²) in [7, 11) is 0. The van der Waals surface area contributed by atoms with Crippen LogP contribution in [0.2, 0.25) is 0 Å². The molecule has 1 aliphatic rings. The largest absolute Gasteiger partial charge is 0.377 e. The van der Waals surface area contributed by atoms with Gasteiger partial charge in [0.2, 0.25) is 5.91 Å². The van der Waals surface area contributed by atoms with E-state index in [2.05, 4.69) is 11.4 Å². The summed E-state index contributed by atoms with van der Waals surface area (Å²) in [6.45, 7) is 6.75. The SMILES string of the molecule is CCN(CC)C(=O)CC(C#N)NCC1CCCO1. The Morgan fingerprint density at radius 3 is 2.78 bits per heavy atom. The smallest absolute Gasteiger partial charge is 0.225 e.